The summed E-state index contributed by atoms with van der Waals surface area (Å²) in [6, 6.07) is 24.8. The lowest BCUT2D eigenvalue weighted by molar-refractivity contribution is -0.151. The maximum absolute atomic E-state index is 15.5. The number of aromatic hydroxyl groups is 1. The van der Waals surface area contributed by atoms with Gasteiger partial charge in [-0.15, -0.1) is 23.1 Å². The van der Waals surface area contributed by atoms with Gasteiger partial charge in [0, 0.05) is 90.8 Å². The fourth-order valence-corrected chi connectivity index (χ4v) is 16.9. The summed E-state index contributed by atoms with van der Waals surface area (Å²) in [5.41, 5.74) is 15.0. The molecule has 0 radical (unpaired) electrons. The molecule has 6 aromatic carbocycles. The molecule has 34 nitrogen and oxygen atoms in total. The van der Waals surface area contributed by atoms with Crippen LogP contribution in [-0.4, -0.2) is 262 Å². The molecule has 2 heterocycles. The van der Waals surface area contributed by atoms with Gasteiger partial charge in [-0.2, -0.15) is 0 Å². The number of nitrogens with one attached hydrogen (secondary N) is 9. The average molecular weight is 1840 g/mol. The number of amides is 15. The summed E-state index contributed by atoms with van der Waals surface area (Å²) < 4.78 is 15.9. The summed E-state index contributed by atoms with van der Waals surface area (Å²) in [4.78, 5) is 241. The topological polar surface area (TPSA) is 490 Å². The van der Waals surface area contributed by atoms with Gasteiger partial charge in [0.25, 0.3) is 0 Å². The van der Waals surface area contributed by atoms with E-state index in [0.29, 0.717) is 40.7 Å². The number of nitrogens with two attached hydrogens (primary N) is 2. The number of halogens is 1. The van der Waals surface area contributed by atoms with Crippen molar-refractivity contribution in [3.63, 3.8) is 0 Å². The molecule has 37 heteroatoms. The Kier molecular flexibility index (Phi) is 39.5. The molecule has 7 aromatic rings. The summed E-state index contributed by atoms with van der Waals surface area (Å²) in [7, 11) is 6.46. The van der Waals surface area contributed by atoms with E-state index in [1.807, 2.05) is 25.1 Å². The summed E-state index contributed by atoms with van der Waals surface area (Å²) >= 11 is 2.13. The number of hydrogen-bond donors (Lipinski definition) is 13. The lowest BCUT2D eigenvalue weighted by Gasteiger charge is -2.37. The van der Waals surface area contributed by atoms with Gasteiger partial charge in [0.2, 0.25) is 88.6 Å². The number of thiophene rings is 1. The molecule has 0 spiro atoms. The summed E-state index contributed by atoms with van der Waals surface area (Å²) in [5.74, 6) is -18.4. The van der Waals surface area contributed by atoms with Gasteiger partial charge in [-0.05, 0) is 105 Å². The van der Waals surface area contributed by atoms with Crippen molar-refractivity contribution in [3.8, 4) is 5.75 Å². The van der Waals surface area contributed by atoms with Crippen molar-refractivity contribution in [3.05, 3.63) is 208 Å². The number of carboxylic acids is 1. The third kappa shape index (κ3) is 31.3. The molecule has 15 N–H and O–H groups in total. The van der Waals surface area contributed by atoms with Crippen LogP contribution in [0.15, 0.2) is 163 Å². The van der Waals surface area contributed by atoms with Crippen molar-refractivity contribution in [2.45, 2.75) is 178 Å². The first kappa shape index (κ1) is 103. The van der Waals surface area contributed by atoms with Crippen molar-refractivity contribution >= 4 is 128 Å². The quantitative estimate of drug-likeness (QED) is 0.0413. The van der Waals surface area contributed by atoms with Crippen LogP contribution in [0.3, 0.4) is 0 Å². The number of carbonyl (C=O) groups excluding carboxylic acids is 15. The van der Waals surface area contributed by atoms with Crippen molar-refractivity contribution in [2.75, 3.05) is 66.4 Å². The van der Waals surface area contributed by atoms with Gasteiger partial charge < -0.3 is 94.0 Å². The number of phenolic OH excluding ortho intramolecular Hbond substituents is 1. The minimum Gasteiger partial charge on any atom is -0.508 e. The van der Waals surface area contributed by atoms with E-state index in [1.54, 1.807) is 124 Å². The Balaban J connectivity index is 1.22. The molecular weight excluding hydrogens is 1720 g/mol. The van der Waals surface area contributed by atoms with Gasteiger partial charge in [-0.3, -0.25) is 76.7 Å². The SMILES string of the molecule is CCCCC1C(=O)N(C)CC(=O)NC(CC(=O)O)C(=O)NC(C(C)C)C(=O)N(C)C(Cc2ccccc2)C(=O)NC(Cc2ccc(CN)cc2)C(=O)N(C)CC(=O)NC(Cc2csc3ccccc23)C(=O)NC(Cc2ccc(O)cc2)C(=O)NC(CC(C)C)C(=O)NC(C(=O)NCC(N)=O)CSCC(=O)NC(Cc2cccc(F)c2)C(=O)N(C)C(Cc2ccccc2)C(=O)N1C. The second-order valence-corrected chi connectivity index (χ2v) is 35.4. The molecule has 702 valence electrons. The summed E-state index contributed by atoms with van der Waals surface area (Å²) in [6.45, 7) is 6.28. The van der Waals surface area contributed by atoms with Gasteiger partial charge >= 0.3 is 5.97 Å². The predicted molar refractivity (Wildman–Crippen MR) is 492 cm³/mol. The van der Waals surface area contributed by atoms with Crippen LogP contribution < -0.4 is 59.3 Å². The smallest absolute Gasteiger partial charge is 0.305 e. The average Bonchev–Trinajstić information content (AvgIpc) is 1.78. The largest absolute Gasteiger partial charge is 0.508 e. The lowest BCUT2D eigenvalue weighted by Crippen LogP contribution is -2.61. The fraction of sp³-hybridized carbons (Fsp3) is 0.426. The Morgan fingerprint density at radius 1 is 0.496 bits per heavy atom. The Bertz CT molecular complexity index is 5170. The number of benzene rings is 6. The molecule has 0 bridgehead atoms. The number of unbranched alkanes of at least 4 members (excludes halogenated alkanes) is 1. The van der Waals surface area contributed by atoms with E-state index in [-0.39, 0.29) is 75.1 Å². The first-order valence-electron chi connectivity index (χ1n) is 43.2. The number of aliphatic carboxylic acids is 1. The lowest BCUT2D eigenvalue weighted by atomic mass is 9.98. The van der Waals surface area contributed by atoms with Crippen LogP contribution in [0.1, 0.15) is 106 Å². The molecule has 11 unspecified atom stereocenters. The maximum atomic E-state index is 15.5. The number of phenols is 1. The number of hydrogen-bond acceptors (Lipinski definition) is 20. The van der Waals surface area contributed by atoms with Gasteiger partial charge in [0.15, 0.2) is 0 Å². The highest BCUT2D eigenvalue weighted by atomic mass is 32.2. The monoisotopic (exact) mass is 1840 g/mol. The van der Waals surface area contributed by atoms with Crippen molar-refractivity contribution in [2.24, 2.45) is 23.3 Å². The van der Waals surface area contributed by atoms with Crippen LogP contribution in [0.25, 0.3) is 10.1 Å². The van der Waals surface area contributed by atoms with Gasteiger partial charge in [0.05, 0.1) is 31.8 Å². The first-order chi connectivity index (χ1) is 62.3. The minimum atomic E-state index is -1.92. The highest BCUT2D eigenvalue weighted by Gasteiger charge is 2.42. The number of fused-ring (bicyclic) bond motifs is 1. The van der Waals surface area contributed by atoms with E-state index in [9.17, 15) is 48.6 Å². The van der Waals surface area contributed by atoms with E-state index in [0.717, 1.165) is 64.0 Å². The second-order valence-electron chi connectivity index (χ2n) is 33.5. The normalized spacial score (nSPS) is 21.8. The minimum absolute atomic E-state index is 0.00116. The van der Waals surface area contributed by atoms with Crippen LogP contribution in [0.4, 0.5) is 4.39 Å². The van der Waals surface area contributed by atoms with Gasteiger partial charge in [0.1, 0.15) is 78.0 Å². The highest BCUT2D eigenvalue weighted by Crippen LogP contribution is 2.28. The van der Waals surface area contributed by atoms with Gasteiger partial charge in [-0.1, -0.05) is 175 Å². The number of carboxylic acid groups (broad SMARTS) is 1. The molecule has 0 aliphatic carbocycles. The number of primary amides is 1. The van der Waals surface area contributed by atoms with E-state index >= 15 is 42.7 Å². The molecule has 1 aromatic heterocycles. The predicted octanol–water partition coefficient (Wildman–Crippen LogP) is 2.95. The van der Waals surface area contributed by atoms with E-state index in [4.69, 9.17) is 11.5 Å². The van der Waals surface area contributed by atoms with Crippen LogP contribution in [0, 0.1) is 17.7 Å². The maximum Gasteiger partial charge on any atom is 0.305 e. The Morgan fingerprint density at radius 3 is 1.57 bits per heavy atom. The van der Waals surface area contributed by atoms with Crippen LogP contribution in [0.5, 0.6) is 5.75 Å². The molecule has 1 aliphatic heterocycles. The molecule has 131 heavy (non-hydrogen) atoms. The van der Waals surface area contributed by atoms with Crippen LogP contribution in [-0.2, 0) is 122 Å². The second kappa shape index (κ2) is 50.1. The molecule has 8 rings (SSSR count). The third-order valence-corrected chi connectivity index (χ3v) is 24.4. The number of likely N-dealkylation sites (N-methyl/N-ethyl adjacent to an activating group) is 5. The van der Waals surface area contributed by atoms with Gasteiger partial charge in [-0.25, -0.2) is 4.39 Å². The zero-order valence-corrected chi connectivity index (χ0v) is 76.8. The number of nitrogens with zero attached hydrogens (tertiary/aromatic N) is 5. The summed E-state index contributed by atoms with van der Waals surface area (Å²) in [6.07, 6.45) is -1.80. The van der Waals surface area contributed by atoms with Crippen molar-refractivity contribution in [1.29, 1.82) is 0 Å². The Morgan fingerprint density at radius 2 is 0.985 bits per heavy atom. The fourth-order valence-electron chi connectivity index (χ4n) is 15.1. The molecule has 0 saturated carbocycles. The third-order valence-electron chi connectivity index (χ3n) is 22.3. The van der Waals surface area contributed by atoms with E-state index in [2.05, 4.69) is 47.9 Å². The highest BCUT2D eigenvalue weighted by molar-refractivity contribution is 8.00. The number of rotatable bonds is 24. The summed E-state index contributed by atoms with van der Waals surface area (Å²) in [5, 5.41) is 47.1. The number of thioether (sulfide) groups is 1. The van der Waals surface area contributed by atoms with Crippen LogP contribution >= 0.6 is 23.1 Å². The van der Waals surface area contributed by atoms with E-state index < -0.39 is 210 Å². The molecule has 1 aliphatic rings. The molecule has 11 atom stereocenters. The molecule has 1 fully saturated rings. The van der Waals surface area contributed by atoms with E-state index in [1.165, 1.54) is 83.0 Å². The van der Waals surface area contributed by atoms with Crippen molar-refractivity contribution < 1.29 is 91.3 Å². The molecule has 1 saturated heterocycles. The molecule has 15 amide bonds. The van der Waals surface area contributed by atoms with Crippen molar-refractivity contribution in [1.82, 2.24) is 72.4 Å². The number of carbonyl (C=O) groups is 16. The Hall–Kier alpha value is -13.2. The van der Waals surface area contributed by atoms with Crippen LogP contribution in [0.2, 0.25) is 0 Å². The zero-order chi connectivity index (χ0) is 95.9. The first-order valence-corrected chi connectivity index (χ1v) is 45.2. The zero-order valence-electron chi connectivity index (χ0n) is 75.1. The Labute approximate surface area is 768 Å². The standard InChI is InChI=1S/C94H119FN16O18S2/c1-11-12-29-74-92(127)108(7)51-80(115)100-70(47-82(117)118)88(123)106-83(56(4)5)94(129)110(9)75(44-57-22-15-13-16-23-57)89(124)104-71(42-59-31-33-61(48-96)34-32-59)90(125)107(6)50-79(114)99-69(46-63-52-131-77-30-20-19-28-66(63)77)87(122)103-68(41-60-35-37-65(112)38-36-60)86(121)102-67(39-55(2)3)85(120)105-73(84(119)98-49-78(97)113)53-130-54-81(116)101-72(43-62-26-21-27-64(95)40-62)91(126)111(10)76(93(128)109(74)8)45-58-24-17-14-18-25-58/h13-28,30-38,40,52,55-56,67-76,83,112H,11-12,29,39,41-51,53-54,96H2,1-10H3,(H2,97,113)(H,98,119)(H,99,114)(H,100,115)(H,101,116)(H,102,121)(H,103,122)(H,104,124)(H,105,120)(H,106,123)(H,117,118). The molecular formula is C94H119FN16O18S2.